The average Bonchev–Trinajstić information content (AvgIpc) is 2.65. The minimum Gasteiger partial charge on any atom is -0.494 e. The standard InChI is InChI=1S/C21H28N4O2.HI/c1-4-22-21(24-15-18-10-6-7-12-20(18)27-5-2)23-14-17-9-8-11-19(13-17)25-16(3)26;/h6-13H,4-5,14-15H2,1-3H3,(H,25,26)(H2,22,23,24);1H. The molecule has 0 unspecified atom stereocenters. The summed E-state index contributed by atoms with van der Waals surface area (Å²) in [4.78, 5) is 15.8. The van der Waals surface area contributed by atoms with Gasteiger partial charge in [0.05, 0.1) is 13.2 Å². The second-order valence-corrected chi connectivity index (χ2v) is 5.97. The van der Waals surface area contributed by atoms with E-state index >= 15 is 0 Å². The van der Waals surface area contributed by atoms with Crippen molar-refractivity contribution in [1.82, 2.24) is 10.6 Å². The normalized spacial score (nSPS) is 10.6. The summed E-state index contributed by atoms with van der Waals surface area (Å²) < 4.78 is 5.67. The van der Waals surface area contributed by atoms with Gasteiger partial charge in [-0.2, -0.15) is 0 Å². The number of aliphatic imine (C=N–C) groups is 1. The van der Waals surface area contributed by atoms with E-state index in [0.29, 0.717) is 19.7 Å². The van der Waals surface area contributed by atoms with Crippen LogP contribution < -0.4 is 20.7 Å². The molecule has 0 spiro atoms. The van der Waals surface area contributed by atoms with Crippen molar-refractivity contribution in [2.24, 2.45) is 4.99 Å². The van der Waals surface area contributed by atoms with Crippen LogP contribution in [0, 0.1) is 0 Å². The lowest BCUT2D eigenvalue weighted by Crippen LogP contribution is -2.36. The summed E-state index contributed by atoms with van der Waals surface area (Å²) in [7, 11) is 0. The topological polar surface area (TPSA) is 74.8 Å². The first-order valence-electron chi connectivity index (χ1n) is 9.21. The van der Waals surface area contributed by atoms with Gasteiger partial charge in [0.1, 0.15) is 5.75 Å². The highest BCUT2D eigenvalue weighted by Gasteiger charge is 2.04. The molecule has 0 aliphatic rings. The Morgan fingerprint density at radius 3 is 2.57 bits per heavy atom. The Hall–Kier alpha value is -2.29. The minimum atomic E-state index is -0.0846. The van der Waals surface area contributed by atoms with Crippen molar-refractivity contribution in [3.8, 4) is 5.75 Å². The molecule has 0 aliphatic carbocycles. The molecule has 0 radical (unpaired) electrons. The van der Waals surface area contributed by atoms with Gasteiger partial charge in [-0.1, -0.05) is 30.3 Å². The van der Waals surface area contributed by atoms with Crippen LogP contribution in [0.1, 0.15) is 31.9 Å². The van der Waals surface area contributed by atoms with E-state index in [1.54, 1.807) is 0 Å². The van der Waals surface area contributed by atoms with Crippen molar-refractivity contribution < 1.29 is 9.53 Å². The second-order valence-electron chi connectivity index (χ2n) is 5.97. The number of hydrogen-bond acceptors (Lipinski definition) is 3. The predicted molar refractivity (Wildman–Crippen MR) is 125 cm³/mol. The smallest absolute Gasteiger partial charge is 0.221 e. The van der Waals surface area contributed by atoms with Gasteiger partial charge >= 0.3 is 0 Å². The molecule has 3 N–H and O–H groups in total. The van der Waals surface area contributed by atoms with Crippen molar-refractivity contribution in [2.45, 2.75) is 33.9 Å². The number of carbonyl (C=O) groups excluding carboxylic acids is 1. The molecule has 0 bridgehead atoms. The summed E-state index contributed by atoms with van der Waals surface area (Å²) in [6, 6.07) is 15.7. The maximum absolute atomic E-state index is 11.2. The number of amides is 1. The maximum Gasteiger partial charge on any atom is 0.221 e. The molecule has 1 amide bonds. The van der Waals surface area contributed by atoms with Gasteiger partial charge in [0, 0.05) is 31.3 Å². The number of hydrogen-bond donors (Lipinski definition) is 3. The van der Waals surface area contributed by atoms with Crippen LogP contribution in [-0.2, 0) is 17.9 Å². The highest BCUT2D eigenvalue weighted by Crippen LogP contribution is 2.17. The molecule has 6 nitrogen and oxygen atoms in total. The Morgan fingerprint density at radius 1 is 1.07 bits per heavy atom. The molecule has 2 aromatic carbocycles. The summed E-state index contributed by atoms with van der Waals surface area (Å²) in [6.07, 6.45) is 0. The van der Waals surface area contributed by atoms with Crippen LogP contribution in [0.2, 0.25) is 0 Å². The minimum absolute atomic E-state index is 0. The van der Waals surface area contributed by atoms with E-state index in [1.807, 2.05) is 62.4 Å². The van der Waals surface area contributed by atoms with Crippen molar-refractivity contribution in [1.29, 1.82) is 0 Å². The number of halogens is 1. The van der Waals surface area contributed by atoms with E-state index < -0.39 is 0 Å². The summed E-state index contributed by atoms with van der Waals surface area (Å²) in [5.74, 6) is 1.53. The number of guanidine groups is 1. The van der Waals surface area contributed by atoms with Crippen molar-refractivity contribution in [3.63, 3.8) is 0 Å². The third-order valence-electron chi connectivity index (χ3n) is 3.73. The summed E-state index contributed by atoms with van der Waals surface area (Å²) in [6.45, 7) is 8.04. The molecular weight excluding hydrogens is 467 g/mol. The van der Waals surface area contributed by atoms with Gasteiger partial charge in [-0.25, -0.2) is 4.99 Å². The van der Waals surface area contributed by atoms with Gasteiger partial charge < -0.3 is 20.7 Å². The predicted octanol–water partition coefficient (Wildman–Crippen LogP) is 3.92. The fourth-order valence-electron chi connectivity index (χ4n) is 2.59. The first kappa shape index (κ1) is 23.7. The van der Waals surface area contributed by atoms with Crippen molar-refractivity contribution >= 4 is 41.5 Å². The number of rotatable bonds is 8. The Kier molecular flexibility index (Phi) is 11.0. The number of anilines is 1. The van der Waals surface area contributed by atoms with Crippen molar-refractivity contribution in [2.75, 3.05) is 18.5 Å². The molecule has 0 fully saturated rings. The number of nitrogens with zero attached hydrogens (tertiary/aromatic N) is 1. The van der Waals surface area contributed by atoms with Crippen LogP contribution in [-0.4, -0.2) is 25.0 Å². The fourth-order valence-corrected chi connectivity index (χ4v) is 2.59. The first-order valence-corrected chi connectivity index (χ1v) is 9.21. The molecule has 0 saturated heterocycles. The molecule has 0 aromatic heterocycles. The van der Waals surface area contributed by atoms with Crippen molar-refractivity contribution in [3.05, 3.63) is 59.7 Å². The lowest BCUT2D eigenvalue weighted by Gasteiger charge is -2.14. The van der Waals surface area contributed by atoms with Crippen LogP contribution in [0.5, 0.6) is 5.75 Å². The van der Waals surface area contributed by atoms with Gasteiger partial charge in [-0.05, 0) is 37.6 Å². The molecule has 2 rings (SSSR count). The van der Waals surface area contributed by atoms with Crippen LogP contribution in [0.3, 0.4) is 0 Å². The molecule has 0 saturated carbocycles. The third kappa shape index (κ3) is 8.16. The van der Waals surface area contributed by atoms with E-state index in [1.165, 1.54) is 6.92 Å². The zero-order valence-corrected chi connectivity index (χ0v) is 18.9. The SMILES string of the molecule is CCNC(=NCc1cccc(NC(C)=O)c1)NCc1ccccc1OCC.I. The second kappa shape index (κ2) is 13.0. The molecular formula is C21H29IN4O2. The van der Waals surface area contributed by atoms with Gasteiger partial charge in [-0.15, -0.1) is 24.0 Å². The highest BCUT2D eigenvalue weighted by atomic mass is 127. The lowest BCUT2D eigenvalue weighted by atomic mass is 10.2. The molecule has 28 heavy (non-hydrogen) atoms. The van der Waals surface area contributed by atoms with Crippen LogP contribution >= 0.6 is 24.0 Å². The van der Waals surface area contributed by atoms with Gasteiger partial charge in [-0.3, -0.25) is 4.79 Å². The van der Waals surface area contributed by atoms with E-state index in [9.17, 15) is 4.79 Å². The number of nitrogens with one attached hydrogen (secondary N) is 3. The summed E-state index contributed by atoms with van der Waals surface area (Å²) in [5.41, 5.74) is 2.88. The largest absolute Gasteiger partial charge is 0.494 e. The Bertz CT molecular complexity index is 781. The quantitative estimate of drug-likeness (QED) is 0.294. The zero-order chi connectivity index (χ0) is 19.5. The van der Waals surface area contributed by atoms with Crippen LogP contribution in [0.25, 0.3) is 0 Å². The Balaban J connectivity index is 0.00000392. The van der Waals surface area contributed by atoms with Crippen LogP contribution in [0.15, 0.2) is 53.5 Å². The van der Waals surface area contributed by atoms with Gasteiger partial charge in [0.15, 0.2) is 5.96 Å². The monoisotopic (exact) mass is 496 g/mol. The van der Waals surface area contributed by atoms with E-state index in [0.717, 1.165) is 35.1 Å². The van der Waals surface area contributed by atoms with Crippen LogP contribution in [0.4, 0.5) is 5.69 Å². The van der Waals surface area contributed by atoms with Gasteiger partial charge in [0.2, 0.25) is 5.91 Å². The fraction of sp³-hybridized carbons (Fsp3) is 0.333. The van der Waals surface area contributed by atoms with E-state index in [4.69, 9.17) is 4.74 Å². The van der Waals surface area contributed by atoms with E-state index in [-0.39, 0.29) is 29.9 Å². The Labute approximate surface area is 184 Å². The number of carbonyl (C=O) groups is 1. The molecule has 152 valence electrons. The average molecular weight is 496 g/mol. The summed E-state index contributed by atoms with van der Waals surface area (Å²) in [5, 5.41) is 9.38. The molecule has 0 atom stereocenters. The molecule has 0 aliphatic heterocycles. The molecule has 7 heteroatoms. The molecule has 0 heterocycles. The zero-order valence-electron chi connectivity index (χ0n) is 16.6. The lowest BCUT2D eigenvalue weighted by molar-refractivity contribution is -0.114. The first-order chi connectivity index (χ1) is 13.1. The number of para-hydroxylation sites is 1. The number of ether oxygens (including phenoxy) is 1. The summed E-state index contributed by atoms with van der Waals surface area (Å²) >= 11 is 0. The molecule has 2 aromatic rings. The Morgan fingerprint density at radius 2 is 1.86 bits per heavy atom. The third-order valence-corrected chi connectivity index (χ3v) is 3.73. The number of benzene rings is 2. The highest BCUT2D eigenvalue weighted by molar-refractivity contribution is 14.0. The van der Waals surface area contributed by atoms with Gasteiger partial charge in [0.25, 0.3) is 0 Å². The van der Waals surface area contributed by atoms with E-state index in [2.05, 4.69) is 20.9 Å². The maximum atomic E-state index is 11.2.